The fraction of sp³-hybridized carbons (Fsp3) is 0.571. The van der Waals surface area contributed by atoms with Gasteiger partial charge in [-0.2, -0.15) is 0 Å². The first kappa shape index (κ1) is 17.1. The van der Waals surface area contributed by atoms with Crippen LogP contribution in [0.2, 0.25) is 0 Å². The van der Waals surface area contributed by atoms with E-state index in [1.165, 1.54) is 0 Å². The van der Waals surface area contributed by atoms with Crippen molar-refractivity contribution in [2.75, 3.05) is 20.6 Å². The largest absolute Gasteiger partial charge is 0.326 e. The highest BCUT2D eigenvalue weighted by atomic mass is 32.2. The summed E-state index contributed by atoms with van der Waals surface area (Å²) in [5.74, 6) is 0. The van der Waals surface area contributed by atoms with Crippen LogP contribution in [0, 0.1) is 6.92 Å². The summed E-state index contributed by atoms with van der Waals surface area (Å²) in [5, 5.41) is 0. The highest BCUT2D eigenvalue weighted by Gasteiger charge is 2.20. The molecule has 1 unspecified atom stereocenters. The van der Waals surface area contributed by atoms with Gasteiger partial charge in [-0.25, -0.2) is 13.1 Å². The topological polar surface area (TPSA) is 75.4 Å². The number of sulfonamides is 1. The first-order chi connectivity index (χ1) is 9.27. The predicted molar refractivity (Wildman–Crippen MR) is 82.0 cm³/mol. The third kappa shape index (κ3) is 4.56. The predicted octanol–water partition coefficient (Wildman–Crippen LogP) is 1.07. The van der Waals surface area contributed by atoms with E-state index in [0.717, 1.165) is 24.1 Å². The summed E-state index contributed by atoms with van der Waals surface area (Å²) in [4.78, 5) is 2.35. The molecule has 0 aromatic heterocycles. The summed E-state index contributed by atoms with van der Waals surface area (Å²) in [6, 6.07) is 5.09. The molecule has 3 N–H and O–H groups in total. The molecule has 114 valence electrons. The molecule has 0 heterocycles. The monoisotopic (exact) mass is 299 g/mol. The van der Waals surface area contributed by atoms with Crippen molar-refractivity contribution in [3.63, 3.8) is 0 Å². The number of benzene rings is 1. The highest BCUT2D eigenvalue weighted by Crippen LogP contribution is 2.19. The number of hydrogen-bond acceptors (Lipinski definition) is 4. The van der Waals surface area contributed by atoms with Gasteiger partial charge in [-0.15, -0.1) is 0 Å². The van der Waals surface area contributed by atoms with Crippen molar-refractivity contribution in [2.24, 2.45) is 5.73 Å². The number of nitrogens with zero attached hydrogens (tertiary/aromatic N) is 1. The lowest BCUT2D eigenvalue weighted by Crippen LogP contribution is -2.35. The van der Waals surface area contributed by atoms with Crippen molar-refractivity contribution in [2.45, 2.75) is 37.8 Å². The van der Waals surface area contributed by atoms with Crippen LogP contribution in [-0.4, -0.2) is 40.0 Å². The molecule has 0 spiro atoms. The Balaban J connectivity index is 2.89. The van der Waals surface area contributed by atoms with E-state index in [4.69, 9.17) is 5.73 Å². The Morgan fingerprint density at radius 2 is 2.00 bits per heavy atom. The van der Waals surface area contributed by atoms with Crippen molar-refractivity contribution < 1.29 is 8.42 Å². The van der Waals surface area contributed by atoms with E-state index in [9.17, 15) is 8.42 Å². The molecular weight excluding hydrogens is 274 g/mol. The van der Waals surface area contributed by atoms with Crippen LogP contribution in [0.4, 0.5) is 0 Å². The normalized spacial score (nSPS) is 13.7. The molecular formula is C14H25N3O2S. The first-order valence-electron chi connectivity index (χ1n) is 6.73. The van der Waals surface area contributed by atoms with Gasteiger partial charge < -0.3 is 10.6 Å². The molecule has 0 saturated heterocycles. The fourth-order valence-corrected chi connectivity index (χ4v) is 3.58. The van der Waals surface area contributed by atoms with E-state index >= 15 is 0 Å². The minimum absolute atomic E-state index is 0.108. The molecule has 0 fully saturated rings. The minimum Gasteiger partial charge on any atom is -0.326 e. The van der Waals surface area contributed by atoms with Gasteiger partial charge in [0, 0.05) is 12.6 Å². The summed E-state index contributed by atoms with van der Waals surface area (Å²) < 4.78 is 27.5. The molecule has 5 nitrogen and oxygen atoms in total. The van der Waals surface area contributed by atoms with E-state index in [-0.39, 0.29) is 6.04 Å². The maximum absolute atomic E-state index is 12.4. The quantitative estimate of drug-likeness (QED) is 0.790. The summed E-state index contributed by atoms with van der Waals surface area (Å²) in [6.07, 6.45) is 0.766. The third-order valence-corrected chi connectivity index (χ3v) is 5.01. The van der Waals surface area contributed by atoms with Crippen LogP contribution in [0.1, 0.15) is 24.5 Å². The van der Waals surface area contributed by atoms with Crippen LogP contribution in [0.15, 0.2) is 23.1 Å². The Morgan fingerprint density at radius 1 is 1.35 bits per heavy atom. The zero-order valence-corrected chi connectivity index (χ0v) is 13.5. The van der Waals surface area contributed by atoms with Gasteiger partial charge in [0.15, 0.2) is 0 Å². The minimum atomic E-state index is -3.49. The Hall–Kier alpha value is -0.950. The number of hydrogen-bond donors (Lipinski definition) is 2. The molecule has 1 rings (SSSR count). The average molecular weight is 299 g/mol. The van der Waals surface area contributed by atoms with Crippen molar-refractivity contribution in [1.29, 1.82) is 0 Å². The standard InChI is InChI=1S/C14H25N3O2S/c1-11(8-9-17(3)4)16-20(18,19)14-7-5-6-13(10-15)12(14)2/h5-7,11,16H,8-10,15H2,1-4H3. The van der Waals surface area contributed by atoms with E-state index in [1.54, 1.807) is 19.1 Å². The average Bonchev–Trinajstić information content (AvgIpc) is 2.36. The molecule has 0 bridgehead atoms. The van der Waals surface area contributed by atoms with E-state index in [1.807, 2.05) is 32.0 Å². The second-order valence-corrected chi connectivity index (χ2v) is 7.04. The number of nitrogens with two attached hydrogens (primary N) is 1. The Kier molecular flexibility index (Phi) is 6.13. The van der Waals surface area contributed by atoms with Gasteiger partial charge in [0.2, 0.25) is 10.0 Å². The van der Waals surface area contributed by atoms with Crippen molar-refractivity contribution in [1.82, 2.24) is 9.62 Å². The molecule has 0 saturated carbocycles. The lowest BCUT2D eigenvalue weighted by atomic mass is 10.1. The molecule has 0 aliphatic rings. The van der Waals surface area contributed by atoms with Crippen LogP contribution >= 0.6 is 0 Å². The Labute approximate surface area is 122 Å². The van der Waals surface area contributed by atoms with Crippen LogP contribution in [-0.2, 0) is 16.6 Å². The van der Waals surface area contributed by atoms with Crippen LogP contribution < -0.4 is 10.5 Å². The maximum Gasteiger partial charge on any atom is 0.241 e. The van der Waals surface area contributed by atoms with Gasteiger partial charge in [0.1, 0.15) is 0 Å². The lowest BCUT2D eigenvalue weighted by molar-refractivity contribution is 0.379. The molecule has 20 heavy (non-hydrogen) atoms. The van der Waals surface area contributed by atoms with Gasteiger partial charge in [-0.3, -0.25) is 0 Å². The third-order valence-electron chi connectivity index (χ3n) is 3.27. The molecule has 0 amide bonds. The van der Waals surface area contributed by atoms with Gasteiger partial charge >= 0.3 is 0 Å². The zero-order chi connectivity index (χ0) is 15.3. The summed E-state index contributed by atoms with van der Waals surface area (Å²) >= 11 is 0. The molecule has 0 radical (unpaired) electrons. The number of nitrogens with one attached hydrogen (secondary N) is 1. The van der Waals surface area contributed by atoms with Gasteiger partial charge in [-0.1, -0.05) is 12.1 Å². The molecule has 0 aliphatic heterocycles. The molecule has 6 heteroatoms. The van der Waals surface area contributed by atoms with Crippen LogP contribution in [0.3, 0.4) is 0 Å². The molecule has 1 aromatic rings. The molecule has 0 aliphatic carbocycles. The SMILES string of the molecule is Cc1c(CN)cccc1S(=O)(=O)NC(C)CCN(C)C. The molecule has 1 aromatic carbocycles. The highest BCUT2D eigenvalue weighted by molar-refractivity contribution is 7.89. The summed E-state index contributed by atoms with van der Waals surface area (Å²) in [7, 11) is 0.442. The van der Waals surface area contributed by atoms with Gasteiger partial charge in [0.05, 0.1) is 4.90 Å². The van der Waals surface area contributed by atoms with E-state index in [2.05, 4.69) is 4.72 Å². The van der Waals surface area contributed by atoms with Gasteiger partial charge in [0.25, 0.3) is 0 Å². The van der Waals surface area contributed by atoms with Crippen molar-refractivity contribution >= 4 is 10.0 Å². The smallest absolute Gasteiger partial charge is 0.241 e. The summed E-state index contributed by atoms with van der Waals surface area (Å²) in [5.41, 5.74) is 7.20. The van der Waals surface area contributed by atoms with Crippen LogP contribution in [0.25, 0.3) is 0 Å². The van der Waals surface area contributed by atoms with Crippen LogP contribution in [0.5, 0.6) is 0 Å². The maximum atomic E-state index is 12.4. The first-order valence-corrected chi connectivity index (χ1v) is 8.22. The second kappa shape index (κ2) is 7.17. The Morgan fingerprint density at radius 3 is 2.55 bits per heavy atom. The Bertz CT molecular complexity index is 541. The number of rotatable bonds is 7. The molecule has 1 atom stereocenters. The van der Waals surface area contributed by atoms with E-state index < -0.39 is 10.0 Å². The van der Waals surface area contributed by atoms with E-state index in [0.29, 0.717) is 11.4 Å². The fourth-order valence-electron chi connectivity index (χ4n) is 2.01. The zero-order valence-electron chi connectivity index (χ0n) is 12.7. The second-order valence-electron chi connectivity index (χ2n) is 5.36. The van der Waals surface area contributed by atoms with Crippen molar-refractivity contribution in [3.05, 3.63) is 29.3 Å². The summed E-state index contributed by atoms with van der Waals surface area (Å²) in [6.45, 7) is 4.85. The lowest BCUT2D eigenvalue weighted by Gasteiger charge is -2.18. The van der Waals surface area contributed by atoms with Gasteiger partial charge in [-0.05, 0) is 58.1 Å². The van der Waals surface area contributed by atoms with Crippen molar-refractivity contribution in [3.8, 4) is 0 Å².